The van der Waals surface area contributed by atoms with Crippen LogP contribution < -0.4 is 11.2 Å². The summed E-state index contributed by atoms with van der Waals surface area (Å²) in [6.07, 6.45) is 2.12. The maximum Gasteiger partial charge on any atom is 0.489 e. The van der Waals surface area contributed by atoms with E-state index in [1.165, 1.54) is 11.1 Å². The molecule has 0 saturated carbocycles. The van der Waals surface area contributed by atoms with Crippen LogP contribution in [0.2, 0.25) is 0 Å². The monoisotopic (exact) mass is 354 g/mol. The summed E-state index contributed by atoms with van der Waals surface area (Å²) in [4.78, 5) is 2.27. The molecule has 2 aromatic rings. The molecule has 0 bridgehead atoms. The first-order chi connectivity index (χ1) is 12.1. The van der Waals surface area contributed by atoms with E-state index in [1.54, 1.807) is 6.07 Å². The number of hydrogen-bond acceptors (Lipinski definition) is 3. The van der Waals surface area contributed by atoms with E-state index in [2.05, 4.69) is 38.0 Å². The minimum absolute atomic E-state index is 0.519. The third-order valence-corrected chi connectivity index (χ3v) is 5.55. The van der Waals surface area contributed by atoms with Crippen LogP contribution in [0, 0.1) is 0 Å². The summed E-state index contributed by atoms with van der Waals surface area (Å²) in [6.45, 7) is 2.42. The van der Waals surface area contributed by atoms with Gasteiger partial charge in [0.05, 0.1) is 0 Å². The molecule has 1 saturated heterocycles. The predicted molar refractivity (Wildman–Crippen MR) is 107 cm³/mol. The van der Waals surface area contributed by atoms with Crippen molar-refractivity contribution >= 4 is 26.9 Å². The van der Waals surface area contributed by atoms with E-state index < -0.39 is 7.12 Å². The Bertz CT molecular complexity index is 746. The lowest BCUT2D eigenvalue weighted by molar-refractivity contribution is 0.317. The van der Waals surface area contributed by atoms with Crippen molar-refractivity contribution in [1.29, 1.82) is 0 Å². The smallest absolute Gasteiger partial charge is 0.423 e. The second-order valence-corrected chi connectivity index (χ2v) is 6.99. The highest BCUT2D eigenvalue weighted by atomic mass is 31.0. The first-order valence-corrected chi connectivity index (χ1v) is 9.18. The summed E-state index contributed by atoms with van der Waals surface area (Å²) in [5.41, 5.74) is 10.6. The van der Waals surface area contributed by atoms with E-state index in [4.69, 9.17) is 5.73 Å². The SMILES string of the molecule is NCc1cccc(C2CCN(C(=P)c3ccccc3B(O)O)CC2)c1. The van der Waals surface area contributed by atoms with Crippen molar-refractivity contribution in [3.8, 4) is 0 Å². The molecule has 1 aliphatic heterocycles. The zero-order chi connectivity index (χ0) is 17.8. The molecular formula is C19H24BN2O2P. The largest absolute Gasteiger partial charge is 0.489 e. The fourth-order valence-electron chi connectivity index (χ4n) is 3.52. The zero-order valence-electron chi connectivity index (χ0n) is 14.2. The van der Waals surface area contributed by atoms with E-state index in [-0.39, 0.29) is 0 Å². The lowest BCUT2D eigenvalue weighted by atomic mass is 9.76. The Labute approximate surface area is 151 Å². The normalized spacial score (nSPS) is 16.0. The van der Waals surface area contributed by atoms with Gasteiger partial charge in [0.2, 0.25) is 0 Å². The van der Waals surface area contributed by atoms with Gasteiger partial charge in [-0.05, 0) is 40.9 Å². The van der Waals surface area contributed by atoms with Gasteiger partial charge < -0.3 is 15.8 Å². The first kappa shape index (κ1) is 18.3. The molecular weight excluding hydrogens is 330 g/mol. The predicted octanol–water partition coefficient (Wildman–Crippen LogP) is 1.33. The second-order valence-electron chi connectivity index (χ2n) is 6.52. The maximum atomic E-state index is 9.58. The van der Waals surface area contributed by atoms with E-state index in [0.717, 1.165) is 36.9 Å². The lowest BCUT2D eigenvalue weighted by Gasteiger charge is -2.33. The molecule has 0 spiro atoms. The van der Waals surface area contributed by atoms with Gasteiger partial charge in [-0.3, -0.25) is 4.90 Å². The maximum absolute atomic E-state index is 9.58. The van der Waals surface area contributed by atoms with Crippen LogP contribution >= 0.6 is 8.86 Å². The number of nitrogens with zero attached hydrogens (tertiary/aromatic N) is 1. The second kappa shape index (κ2) is 8.26. The minimum atomic E-state index is -1.47. The van der Waals surface area contributed by atoms with E-state index in [9.17, 15) is 10.0 Å². The molecule has 0 unspecified atom stereocenters. The molecule has 0 aliphatic carbocycles. The van der Waals surface area contributed by atoms with E-state index >= 15 is 0 Å². The summed E-state index contributed by atoms with van der Waals surface area (Å²) in [5.74, 6) is 0.542. The van der Waals surface area contributed by atoms with Crippen LogP contribution in [-0.2, 0) is 6.54 Å². The van der Waals surface area contributed by atoms with Gasteiger partial charge in [-0.1, -0.05) is 48.5 Å². The highest BCUT2D eigenvalue weighted by molar-refractivity contribution is 7.22. The Balaban J connectivity index is 1.69. The van der Waals surface area contributed by atoms with Gasteiger partial charge in [0, 0.05) is 25.1 Å². The van der Waals surface area contributed by atoms with E-state index in [0.29, 0.717) is 17.9 Å². The summed E-state index contributed by atoms with van der Waals surface area (Å²) in [7, 11) is 2.26. The van der Waals surface area contributed by atoms with Crippen molar-refractivity contribution < 1.29 is 10.0 Å². The molecule has 1 heterocycles. The van der Waals surface area contributed by atoms with Gasteiger partial charge in [0.25, 0.3) is 0 Å². The highest BCUT2D eigenvalue weighted by Gasteiger charge is 2.25. The standard InChI is InChI=1S/C19H24BN2O2P/c21-13-14-4-3-5-16(12-14)15-8-10-22(11-9-15)19(25)17-6-1-2-7-18(17)20(23)24/h1-7,12,15,23-25H,8-11,13,21H2. The van der Waals surface area contributed by atoms with E-state index in [1.807, 2.05) is 18.2 Å². The Kier molecular flexibility index (Phi) is 6.05. The summed E-state index contributed by atoms with van der Waals surface area (Å²) in [5, 5.41) is 19.2. The molecule has 4 N–H and O–H groups in total. The van der Waals surface area contributed by atoms with Crippen LogP contribution in [0.25, 0.3) is 0 Å². The average Bonchev–Trinajstić information content (AvgIpc) is 2.67. The number of nitrogens with two attached hydrogens (primary N) is 1. The molecule has 2 aromatic carbocycles. The van der Waals surface area contributed by atoms with Crippen molar-refractivity contribution in [2.75, 3.05) is 13.1 Å². The number of rotatable bonds is 5. The molecule has 6 heteroatoms. The molecule has 1 fully saturated rings. The molecule has 130 valence electrons. The number of hydrogen-bond donors (Lipinski definition) is 3. The Morgan fingerprint density at radius 2 is 1.84 bits per heavy atom. The zero-order valence-corrected chi connectivity index (χ0v) is 15.2. The minimum Gasteiger partial charge on any atom is -0.423 e. The molecule has 0 aromatic heterocycles. The number of piperidine rings is 1. The summed E-state index contributed by atoms with van der Waals surface area (Å²) < 4.78 is 0. The molecule has 0 amide bonds. The molecule has 3 rings (SSSR count). The van der Waals surface area contributed by atoms with Gasteiger partial charge in [0.15, 0.2) is 0 Å². The van der Waals surface area contributed by atoms with Gasteiger partial charge in [-0.2, -0.15) is 0 Å². The van der Waals surface area contributed by atoms with Crippen molar-refractivity contribution in [1.82, 2.24) is 4.90 Å². The van der Waals surface area contributed by atoms with Gasteiger partial charge in [-0.25, -0.2) is 0 Å². The van der Waals surface area contributed by atoms with Crippen LogP contribution in [0.5, 0.6) is 0 Å². The first-order valence-electron chi connectivity index (χ1n) is 8.68. The van der Waals surface area contributed by atoms with Crippen molar-refractivity contribution in [2.45, 2.75) is 25.3 Å². The van der Waals surface area contributed by atoms with Crippen LogP contribution in [0.15, 0.2) is 48.5 Å². The number of benzene rings is 2. The van der Waals surface area contributed by atoms with Crippen molar-refractivity contribution in [3.63, 3.8) is 0 Å². The van der Waals surface area contributed by atoms with Crippen molar-refractivity contribution in [2.24, 2.45) is 5.73 Å². The fourth-order valence-corrected chi connectivity index (χ4v) is 3.97. The van der Waals surface area contributed by atoms with Crippen molar-refractivity contribution in [3.05, 3.63) is 65.2 Å². The third kappa shape index (κ3) is 4.20. The Morgan fingerprint density at radius 1 is 1.12 bits per heavy atom. The van der Waals surface area contributed by atoms with Gasteiger partial charge in [-0.15, -0.1) is 8.86 Å². The lowest BCUT2D eigenvalue weighted by Crippen LogP contribution is -2.42. The van der Waals surface area contributed by atoms with Crippen LogP contribution in [0.1, 0.15) is 35.4 Å². The molecule has 1 aliphatic rings. The average molecular weight is 354 g/mol. The van der Waals surface area contributed by atoms with Gasteiger partial charge in [0.1, 0.15) is 0 Å². The topological polar surface area (TPSA) is 69.7 Å². The summed E-state index contributed by atoms with van der Waals surface area (Å²) >= 11 is 0. The Morgan fingerprint density at radius 3 is 2.52 bits per heavy atom. The highest BCUT2D eigenvalue weighted by Crippen LogP contribution is 2.29. The Hall–Kier alpha value is -1.49. The quantitative estimate of drug-likeness (QED) is 0.560. The van der Waals surface area contributed by atoms with Crippen LogP contribution in [0.3, 0.4) is 0 Å². The fraction of sp³-hybridized carbons (Fsp3) is 0.316. The molecule has 4 nitrogen and oxygen atoms in total. The van der Waals surface area contributed by atoms with Crippen LogP contribution in [0.4, 0.5) is 0 Å². The molecule has 0 radical (unpaired) electrons. The molecule has 0 atom stereocenters. The molecule has 25 heavy (non-hydrogen) atoms. The van der Waals surface area contributed by atoms with Crippen LogP contribution in [-0.4, -0.2) is 40.6 Å². The summed E-state index contributed by atoms with van der Waals surface area (Å²) in [6, 6.07) is 15.9. The number of likely N-dealkylation sites (tertiary alicyclic amines) is 1. The van der Waals surface area contributed by atoms with Gasteiger partial charge >= 0.3 is 7.12 Å². The third-order valence-electron chi connectivity index (χ3n) is 4.96.